The van der Waals surface area contributed by atoms with E-state index in [0.717, 1.165) is 19.5 Å². The lowest BCUT2D eigenvalue weighted by Gasteiger charge is -2.09. The fourth-order valence-corrected chi connectivity index (χ4v) is 0.748. The molecular formula is C12H24N2O. The molecule has 0 aromatic carbocycles. The number of hydrogen-bond acceptors (Lipinski definition) is 2. The maximum absolute atomic E-state index is 11.0. The summed E-state index contributed by atoms with van der Waals surface area (Å²) in [5, 5.41) is 2.77. The lowest BCUT2D eigenvalue weighted by molar-refractivity contribution is -0.117. The molecule has 1 amide bonds. The van der Waals surface area contributed by atoms with Gasteiger partial charge >= 0.3 is 0 Å². The minimum atomic E-state index is -0.0474. The van der Waals surface area contributed by atoms with Gasteiger partial charge in [-0.2, -0.15) is 0 Å². The molecule has 0 aliphatic heterocycles. The van der Waals surface area contributed by atoms with Crippen molar-refractivity contribution >= 4 is 5.91 Å². The molecule has 0 unspecified atom stereocenters. The van der Waals surface area contributed by atoms with Crippen LogP contribution in [0.1, 0.15) is 20.3 Å². The van der Waals surface area contributed by atoms with E-state index in [-0.39, 0.29) is 5.91 Å². The van der Waals surface area contributed by atoms with E-state index in [0.29, 0.717) is 5.57 Å². The molecule has 0 aliphatic carbocycles. The largest absolute Gasteiger partial charge is 0.352 e. The Hall–Kier alpha value is -1.09. The lowest BCUT2D eigenvalue weighted by atomic mass is 10.3. The van der Waals surface area contributed by atoms with Crippen LogP contribution in [0, 0.1) is 0 Å². The maximum Gasteiger partial charge on any atom is 0.246 e. The predicted octanol–water partition coefficient (Wildman–Crippen LogP) is 1.82. The molecule has 88 valence electrons. The summed E-state index contributed by atoms with van der Waals surface area (Å²) in [4.78, 5) is 13.1. The van der Waals surface area contributed by atoms with E-state index in [2.05, 4.69) is 23.4 Å². The molecule has 0 aromatic rings. The summed E-state index contributed by atoms with van der Waals surface area (Å²) in [6.07, 6.45) is 2.73. The van der Waals surface area contributed by atoms with Crippen LogP contribution in [-0.4, -0.2) is 38.0 Å². The van der Waals surface area contributed by atoms with Gasteiger partial charge in [-0.3, -0.25) is 4.79 Å². The molecule has 0 bridgehead atoms. The molecule has 0 atom stereocenters. The van der Waals surface area contributed by atoms with E-state index in [1.54, 1.807) is 13.0 Å². The van der Waals surface area contributed by atoms with Crippen molar-refractivity contribution in [2.24, 2.45) is 0 Å². The van der Waals surface area contributed by atoms with Gasteiger partial charge < -0.3 is 10.2 Å². The second-order valence-electron chi connectivity index (χ2n) is 3.60. The van der Waals surface area contributed by atoms with Crippen molar-refractivity contribution in [2.75, 3.05) is 27.2 Å². The lowest BCUT2D eigenvalue weighted by Crippen LogP contribution is -2.27. The molecule has 0 spiro atoms. The van der Waals surface area contributed by atoms with Crippen LogP contribution in [0.15, 0.2) is 24.8 Å². The zero-order chi connectivity index (χ0) is 12.3. The smallest absolute Gasteiger partial charge is 0.246 e. The SMILES string of the molecule is C=C(C)C(=O)NCCCN(C)C.C=CC. The second kappa shape index (κ2) is 11.0. The molecule has 0 saturated carbocycles. The normalized spacial score (nSPS) is 8.87. The van der Waals surface area contributed by atoms with Gasteiger partial charge in [-0.1, -0.05) is 12.7 Å². The third-order valence-corrected chi connectivity index (χ3v) is 1.46. The quantitative estimate of drug-likeness (QED) is 0.428. The highest BCUT2D eigenvalue weighted by atomic mass is 16.1. The van der Waals surface area contributed by atoms with Crippen LogP contribution in [0.25, 0.3) is 0 Å². The molecule has 0 aliphatic rings. The Morgan fingerprint density at radius 3 is 2.27 bits per heavy atom. The van der Waals surface area contributed by atoms with Crippen LogP contribution in [-0.2, 0) is 4.79 Å². The summed E-state index contributed by atoms with van der Waals surface area (Å²) < 4.78 is 0. The van der Waals surface area contributed by atoms with Crippen molar-refractivity contribution < 1.29 is 4.79 Å². The minimum Gasteiger partial charge on any atom is -0.352 e. The molecule has 3 nitrogen and oxygen atoms in total. The van der Waals surface area contributed by atoms with Gasteiger partial charge in [-0.25, -0.2) is 0 Å². The Kier molecular flexibility index (Phi) is 12.0. The summed E-state index contributed by atoms with van der Waals surface area (Å²) in [6, 6.07) is 0. The van der Waals surface area contributed by atoms with Crippen LogP contribution in [0.2, 0.25) is 0 Å². The Morgan fingerprint density at radius 1 is 1.47 bits per heavy atom. The average molecular weight is 212 g/mol. The predicted molar refractivity (Wildman–Crippen MR) is 66.9 cm³/mol. The number of amides is 1. The van der Waals surface area contributed by atoms with E-state index in [1.165, 1.54) is 0 Å². The number of nitrogens with zero attached hydrogens (tertiary/aromatic N) is 1. The fraction of sp³-hybridized carbons (Fsp3) is 0.583. The van der Waals surface area contributed by atoms with Crippen molar-refractivity contribution in [1.82, 2.24) is 10.2 Å². The highest BCUT2D eigenvalue weighted by Gasteiger charge is 1.99. The monoisotopic (exact) mass is 212 g/mol. The average Bonchev–Trinajstić information content (AvgIpc) is 2.12. The van der Waals surface area contributed by atoms with Crippen molar-refractivity contribution in [3.63, 3.8) is 0 Å². The number of allylic oxidation sites excluding steroid dienone is 1. The Balaban J connectivity index is 0. The molecule has 15 heavy (non-hydrogen) atoms. The number of hydrogen-bond donors (Lipinski definition) is 1. The number of carbonyl (C=O) groups is 1. The molecular weight excluding hydrogens is 188 g/mol. The zero-order valence-electron chi connectivity index (χ0n) is 10.5. The van der Waals surface area contributed by atoms with Crippen LogP contribution in [0.4, 0.5) is 0 Å². The highest BCUT2D eigenvalue weighted by Crippen LogP contribution is 1.86. The van der Waals surface area contributed by atoms with Gasteiger partial charge in [0, 0.05) is 12.1 Å². The van der Waals surface area contributed by atoms with Crippen LogP contribution >= 0.6 is 0 Å². The third-order valence-electron chi connectivity index (χ3n) is 1.46. The number of carbonyl (C=O) groups excluding carboxylic acids is 1. The fourth-order valence-electron chi connectivity index (χ4n) is 0.748. The molecule has 0 saturated heterocycles. The molecule has 0 rings (SSSR count). The molecule has 3 heteroatoms. The van der Waals surface area contributed by atoms with Gasteiger partial charge in [0.25, 0.3) is 0 Å². The first-order chi connectivity index (χ1) is 6.95. The minimum absolute atomic E-state index is 0.0474. The van der Waals surface area contributed by atoms with E-state index < -0.39 is 0 Å². The standard InChI is InChI=1S/C9H18N2O.C3H6/c1-8(2)9(12)10-6-5-7-11(3)4;1-3-2/h1,5-7H2,2-4H3,(H,10,12);3H,1H2,2H3. The summed E-state index contributed by atoms with van der Waals surface area (Å²) >= 11 is 0. The Labute approximate surface area is 93.9 Å². The molecule has 0 heterocycles. The summed E-state index contributed by atoms with van der Waals surface area (Å²) in [7, 11) is 4.03. The van der Waals surface area contributed by atoms with Crippen molar-refractivity contribution in [3.8, 4) is 0 Å². The first-order valence-electron chi connectivity index (χ1n) is 5.11. The van der Waals surface area contributed by atoms with Gasteiger partial charge in [0.1, 0.15) is 0 Å². The van der Waals surface area contributed by atoms with Crippen LogP contribution < -0.4 is 5.32 Å². The van der Waals surface area contributed by atoms with E-state index in [9.17, 15) is 4.79 Å². The second-order valence-corrected chi connectivity index (χ2v) is 3.60. The third kappa shape index (κ3) is 15.6. The molecule has 1 N–H and O–H groups in total. The maximum atomic E-state index is 11.0. The highest BCUT2D eigenvalue weighted by molar-refractivity contribution is 5.91. The van der Waals surface area contributed by atoms with Gasteiger partial charge in [0.15, 0.2) is 0 Å². The van der Waals surface area contributed by atoms with Crippen LogP contribution in [0.3, 0.4) is 0 Å². The van der Waals surface area contributed by atoms with Gasteiger partial charge in [0.2, 0.25) is 5.91 Å². The van der Waals surface area contributed by atoms with E-state index in [4.69, 9.17) is 0 Å². The Morgan fingerprint density at radius 2 is 1.93 bits per heavy atom. The van der Waals surface area contributed by atoms with E-state index >= 15 is 0 Å². The first kappa shape index (κ1) is 16.3. The first-order valence-corrected chi connectivity index (χ1v) is 5.11. The van der Waals surface area contributed by atoms with Crippen LogP contribution in [0.5, 0.6) is 0 Å². The summed E-state index contributed by atoms with van der Waals surface area (Å²) in [5.74, 6) is -0.0474. The topological polar surface area (TPSA) is 32.3 Å². The number of nitrogens with one attached hydrogen (secondary N) is 1. The molecule has 0 radical (unpaired) electrons. The summed E-state index contributed by atoms with van der Waals surface area (Å²) in [6.45, 7) is 12.2. The van der Waals surface area contributed by atoms with Gasteiger partial charge in [0.05, 0.1) is 0 Å². The Bertz CT molecular complexity index is 198. The molecule has 0 aromatic heterocycles. The number of rotatable bonds is 5. The van der Waals surface area contributed by atoms with Gasteiger partial charge in [-0.05, 0) is 40.9 Å². The van der Waals surface area contributed by atoms with Crippen molar-refractivity contribution in [2.45, 2.75) is 20.3 Å². The molecule has 0 fully saturated rings. The van der Waals surface area contributed by atoms with E-state index in [1.807, 2.05) is 21.0 Å². The summed E-state index contributed by atoms with van der Waals surface area (Å²) in [5.41, 5.74) is 0.569. The zero-order valence-corrected chi connectivity index (χ0v) is 10.5. The van der Waals surface area contributed by atoms with Crippen molar-refractivity contribution in [3.05, 3.63) is 24.8 Å². The van der Waals surface area contributed by atoms with Crippen molar-refractivity contribution in [1.29, 1.82) is 0 Å². The van der Waals surface area contributed by atoms with Gasteiger partial charge in [-0.15, -0.1) is 6.58 Å².